The molecule has 1 aliphatic rings. The molecule has 1 N–H and O–H groups in total. The monoisotopic (exact) mass is 398 g/mol. The minimum atomic E-state index is -0.169. The second kappa shape index (κ2) is 7.30. The van der Waals surface area contributed by atoms with Crippen LogP contribution in [0.2, 0.25) is 0 Å². The van der Waals surface area contributed by atoms with Crippen LogP contribution >= 0.6 is 0 Å². The molecule has 1 amide bonds. The van der Waals surface area contributed by atoms with E-state index in [1.807, 2.05) is 60.8 Å². The van der Waals surface area contributed by atoms with Crippen LogP contribution in [0.15, 0.2) is 61.1 Å². The molecule has 3 heterocycles. The Morgan fingerprint density at radius 3 is 2.93 bits per heavy atom. The number of anilines is 1. The molecule has 5 rings (SSSR count). The number of amides is 1. The van der Waals surface area contributed by atoms with Gasteiger partial charge in [-0.2, -0.15) is 0 Å². The van der Waals surface area contributed by atoms with Gasteiger partial charge < -0.3 is 14.5 Å². The number of carbonyl (C=O) groups is 1. The van der Waals surface area contributed by atoms with Crippen molar-refractivity contribution in [1.82, 2.24) is 14.4 Å². The van der Waals surface area contributed by atoms with E-state index in [4.69, 9.17) is 4.74 Å². The number of benzene rings is 1. The lowest BCUT2D eigenvalue weighted by Gasteiger charge is -2.15. The fourth-order valence-corrected chi connectivity index (χ4v) is 4.12. The van der Waals surface area contributed by atoms with E-state index in [0.717, 1.165) is 41.2 Å². The summed E-state index contributed by atoms with van der Waals surface area (Å²) < 4.78 is 8.06. The van der Waals surface area contributed by atoms with Crippen molar-refractivity contribution in [3.63, 3.8) is 0 Å². The van der Waals surface area contributed by atoms with Gasteiger partial charge in [-0.05, 0) is 74.2 Å². The van der Waals surface area contributed by atoms with Crippen LogP contribution in [-0.2, 0) is 6.42 Å². The Bertz CT molecular complexity index is 1250. The third-order valence-corrected chi connectivity index (χ3v) is 5.52. The molecule has 1 unspecified atom stereocenters. The van der Waals surface area contributed by atoms with Crippen LogP contribution in [-0.4, -0.2) is 20.3 Å². The van der Waals surface area contributed by atoms with Crippen LogP contribution in [0.1, 0.15) is 45.4 Å². The van der Waals surface area contributed by atoms with Gasteiger partial charge in [0.15, 0.2) is 0 Å². The smallest absolute Gasteiger partial charge is 0.259 e. The number of ether oxygens (including phenoxy) is 1. The number of aromatic nitrogens is 3. The Balaban J connectivity index is 1.40. The van der Waals surface area contributed by atoms with Crippen molar-refractivity contribution in [1.29, 1.82) is 0 Å². The van der Waals surface area contributed by atoms with Gasteiger partial charge in [-0.15, -0.1) is 0 Å². The molecule has 0 spiro atoms. The zero-order chi connectivity index (χ0) is 20.7. The highest BCUT2D eigenvalue weighted by Gasteiger charge is 2.25. The number of aryl methyl sites for hydroxylation is 3. The molecule has 30 heavy (non-hydrogen) atoms. The lowest BCUT2D eigenvalue weighted by molar-refractivity contribution is 0.102. The summed E-state index contributed by atoms with van der Waals surface area (Å²) in [6.07, 6.45) is 7.16. The van der Waals surface area contributed by atoms with Crippen LogP contribution in [0, 0.1) is 13.8 Å². The summed E-state index contributed by atoms with van der Waals surface area (Å²) in [7, 11) is 0. The lowest BCUT2D eigenvalue weighted by atomic mass is 10.1. The van der Waals surface area contributed by atoms with E-state index < -0.39 is 0 Å². The van der Waals surface area contributed by atoms with Crippen LogP contribution in [0.25, 0.3) is 5.65 Å². The molecular weight excluding hydrogens is 376 g/mol. The van der Waals surface area contributed by atoms with Gasteiger partial charge in [-0.25, -0.2) is 4.98 Å². The van der Waals surface area contributed by atoms with Crippen molar-refractivity contribution in [2.75, 3.05) is 5.32 Å². The van der Waals surface area contributed by atoms with E-state index >= 15 is 0 Å². The fourth-order valence-electron chi connectivity index (χ4n) is 4.12. The molecular formula is C24H22N4O2. The fraction of sp³-hybridized carbons (Fsp3) is 0.208. The largest absolute Gasteiger partial charge is 0.484 e. The number of hydrogen-bond acceptors (Lipinski definition) is 4. The van der Waals surface area contributed by atoms with E-state index in [1.165, 1.54) is 5.56 Å². The van der Waals surface area contributed by atoms with Gasteiger partial charge in [-0.3, -0.25) is 9.78 Å². The Labute approximate surface area is 174 Å². The topological polar surface area (TPSA) is 68.5 Å². The predicted molar refractivity (Wildman–Crippen MR) is 115 cm³/mol. The maximum absolute atomic E-state index is 13.0. The van der Waals surface area contributed by atoms with Crippen LogP contribution in [0.5, 0.6) is 5.75 Å². The quantitative estimate of drug-likeness (QED) is 0.543. The third kappa shape index (κ3) is 3.30. The van der Waals surface area contributed by atoms with Crippen molar-refractivity contribution in [3.05, 3.63) is 89.1 Å². The average molecular weight is 398 g/mol. The summed E-state index contributed by atoms with van der Waals surface area (Å²) in [5.74, 6) is 0.583. The zero-order valence-electron chi connectivity index (χ0n) is 16.9. The zero-order valence-corrected chi connectivity index (χ0v) is 16.9. The summed E-state index contributed by atoms with van der Waals surface area (Å²) in [6, 6.07) is 13.6. The first-order valence-electron chi connectivity index (χ1n) is 10.0. The number of hydrogen-bond donors (Lipinski definition) is 1. The number of carbonyl (C=O) groups excluding carboxylic acids is 1. The molecule has 6 heteroatoms. The highest BCUT2D eigenvalue weighted by Crippen LogP contribution is 2.36. The summed E-state index contributed by atoms with van der Waals surface area (Å²) in [5.41, 5.74) is 6.29. The first-order valence-corrected chi connectivity index (χ1v) is 10.0. The molecule has 1 atom stereocenters. The van der Waals surface area contributed by atoms with Crippen LogP contribution < -0.4 is 10.1 Å². The summed E-state index contributed by atoms with van der Waals surface area (Å²) in [6.45, 7) is 3.94. The highest BCUT2D eigenvalue weighted by molar-refractivity contribution is 6.08. The second-order valence-electron chi connectivity index (χ2n) is 7.66. The number of nitrogens with zero attached hydrogens (tertiary/aromatic N) is 3. The van der Waals surface area contributed by atoms with Crippen molar-refractivity contribution in [2.45, 2.75) is 32.8 Å². The van der Waals surface area contributed by atoms with E-state index in [-0.39, 0.29) is 12.0 Å². The minimum absolute atomic E-state index is 0.0386. The molecule has 150 valence electrons. The average Bonchev–Trinajstić information content (AvgIpc) is 3.33. The van der Waals surface area contributed by atoms with Crippen LogP contribution in [0.3, 0.4) is 0 Å². The molecule has 0 fully saturated rings. The Morgan fingerprint density at radius 2 is 2.10 bits per heavy atom. The molecule has 6 nitrogen and oxygen atoms in total. The second-order valence-corrected chi connectivity index (χ2v) is 7.66. The molecule has 1 aromatic carbocycles. The van der Waals surface area contributed by atoms with Gasteiger partial charge in [0, 0.05) is 29.5 Å². The van der Waals surface area contributed by atoms with Crippen LogP contribution in [0.4, 0.5) is 5.69 Å². The normalized spacial score (nSPS) is 15.2. The Kier molecular flexibility index (Phi) is 4.47. The van der Waals surface area contributed by atoms with Gasteiger partial charge >= 0.3 is 0 Å². The molecule has 3 aromatic heterocycles. The lowest BCUT2D eigenvalue weighted by Crippen LogP contribution is -2.13. The standard InChI is InChI=1S/C24H22N4O2/c1-15-12-16(2)28-11-9-20(23(28)26-15)24(29)27-18-7-5-17-6-8-22(21(17)13-18)30-19-4-3-10-25-14-19/h3-5,7,9-14,22H,6,8H2,1-2H3,(H,27,29). The first-order chi connectivity index (χ1) is 14.6. The third-order valence-electron chi connectivity index (χ3n) is 5.52. The Morgan fingerprint density at radius 1 is 1.20 bits per heavy atom. The van der Waals surface area contributed by atoms with Crippen molar-refractivity contribution in [2.24, 2.45) is 0 Å². The van der Waals surface area contributed by atoms with Gasteiger partial charge in [-0.1, -0.05) is 6.07 Å². The number of pyridine rings is 1. The summed E-state index contributed by atoms with van der Waals surface area (Å²) >= 11 is 0. The number of rotatable bonds is 4. The van der Waals surface area contributed by atoms with E-state index in [1.54, 1.807) is 12.4 Å². The molecule has 0 aliphatic heterocycles. The van der Waals surface area contributed by atoms with E-state index in [9.17, 15) is 4.79 Å². The maximum Gasteiger partial charge on any atom is 0.259 e. The van der Waals surface area contributed by atoms with Crippen molar-refractivity contribution >= 4 is 17.2 Å². The predicted octanol–water partition coefficient (Wildman–Crippen LogP) is 4.66. The molecule has 1 aliphatic carbocycles. The highest BCUT2D eigenvalue weighted by atomic mass is 16.5. The van der Waals surface area contributed by atoms with Crippen molar-refractivity contribution < 1.29 is 9.53 Å². The summed E-state index contributed by atoms with van der Waals surface area (Å²) in [4.78, 5) is 21.6. The van der Waals surface area contributed by atoms with E-state index in [2.05, 4.69) is 21.4 Å². The van der Waals surface area contributed by atoms with Gasteiger partial charge in [0.2, 0.25) is 0 Å². The van der Waals surface area contributed by atoms with Gasteiger partial charge in [0.25, 0.3) is 5.91 Å². The molecule has 0 saturated carbocycles. The van der Waals surface area contributed by atoms with Crippen molar-refractivity contribution in [3.8, 4) is 5.75 Å². The van der Waals surface area contributed by atoms with Gasteiger partial charge in [0.05, 0.1) is 11.8 Å². The van der Waals surface area contributed by atoms with E-state index in [0.29, 0.717) is 11.2 Å². The number of nitrogens with one attached hydrogen (secondary N) is 1. The van der Waals surface area contributed by atoms with Gasteiger partial charge in [0.1, 0.15) is 17.5 Å². The SMILES string of the molecule is Cc1cc(C)n2ccc(C(=O)Nc3ccc4c(c3)C(Oc3cccnc3)CC4)c2n1. The molecule has 0 radical (unpaired) electrons. The summed E-state index contributed by atoms with van der Waals surface area (Å²) in [5, 5.41) is 3.03. The number of fused-ring (bicyclic) bond motifs is 2. The molecule has 4 aromatic rings. The molecule has 0 bridgehead atoms. The maximum atomic E-state index is 13.0. The Hall–Kier alpha value is -3.67. The minimum Gasteiger partial charge on any atom is -0.484 e. The molecule has 0 saturated heterocycles. The first kappa shape index (κ1) is 18.4.